The number of hydrogen-bond acceptors (Lipinski definition) is 6. The number of H-pyrrole nitrogens is 1. The van der Waals surface area contributed by atoms with Gasteiger partial charge in [0.25, 0.3) is 0 Å². The first-order valence-corrected chi connectivity index (χ1v) is 12.5. The van der Waals surface area contributed by atoms with E-state index in [0.29, 0.717) is 36.8 Å². The summed E-state index contributed by atoms with van der Waals surface area (Å²) in [6, 6.07) is 21.1. The van der Waals surface area contributed by atoms with E-state index < -0.39 is 11.9 Å². The number of carbonyl (C=O) groups excluding carboxylic acids is 2. The summed E-state index contributed by atoms with van der Waals surface area (Å²) < 4.78 is 24.5. The Bertz CT molecular complexity index is 1300. The predicted molar refractivity (Wildman–Crippen MR) is 145 cm³/mol. The van der Waals surface area contributed by atoms with Gasteiger partial charge in [-0.1, -0.05) is 30.3 Å². The molecule has 4 rings (SSSR count). The Hall–Kier alpha value is -4.54. The van der Waals surface area contributed by atoms with E-state index in [1.54, 1.807) is 36.8 Å². The van der Waals surface area contributed by atoms with Gasteiger partial charge in [0, 0.05) is 24.8 Å². The second-order valence-corrected chi connectivity index (χ2v) is 8.68. The maximum Gasteiger partial charge on any atom is 0.249 e. The Balaban J connectivity index is 1.30. The number of carbonyl (C=O) groups is 2. The molecule has 39 heavy (non-hydrogen) atoms. The number of anilines is 1. The minimum atomic E-state index is -0.913. The summed E-state index contributed by atoms with van der Waals surface area (Å²) in [6.07, 6.45) is 4.07. The second kappa shape index (κ2) is 14.4. The molecule has 0 bridgehead atoms. The summed E-state index contributed by atoms with van der Waals surface area (Å²) in [5, 5.41) is 8.61. The van der Waals surface area contributed by atoms with Crippen molar-refractivity contribution in [1.82, 2.24) is 20.6 Å². The zero-order valence-corrected chi connectivity index (χ0v) is 21.2. The van der Waals surface area contributed by atoms with Gasteiger partial charge in [-0.05, 0) is 54.1 Å². The summed E-state index contributed by atoms with van der Waals surface area (Å²) in [7, 11) is 0. The molecule has 2 amide bonds. The summed E-state index contributed by atoms with van der Waals surface area (Å²) in [5.41, 5.74) is 2.37. The second-order valence-electron chi connectivity index (χ2n) is 8.68. The van der Waals surface area contributed by atoms with Crippen LogP contribution in [0.2, 0.25) is 0 Å². The van der Waals surface area contributed by atoms with Crippen LogP contribution in [0.3, 0.4) is 0 Å². The van der Waals surface area contributed by atoms with Crippen molar-refractivity contribution >= 4 is 17.5 Å². The molecule has 0 aliphatic heterocycles. The number of nitrogens with one attached hydrogen (secondary N) is 4. The summed E-state index contributed by atoms with van der Waals surface area (Å²) in [6.45, 7) is 0.900. The highest BCUT2D eigenvalue weighted by Gasteiger charge is 2.21. The number of benzene rings is 3. The first-order chi connectivity index (χ1) is 19.0. The van der Waals surface area contributed by atoms with E-state index in [2.05, 4.69) is 25.9 Å². The SMILES string of the molecule is O=C(CNCCc1c[nH]cn1)NC(COCc1ccccc1)C(=O)Nc1ccc(Oc2ccc(F)cc2)cc1. The molecule has 1 atom stereocenters. The van der Waals surface area contributed by atoms with E-state index in [1.165, 1.54) is 24.3 Å². The monoisotopic (exact) mass is 531 g/mol. The van der Waals surface area contributed by atoms with Crippen molar-refractivity contribution in [1.29, 1.82) is 0 Å². The Labute approximate surface area is 225 Å². The first kappa shape index (κ1) is 27.5. The number of halogens is 1. The lowest BCUT2D eigenvalue weighted by Crippen LogP contribution is -2.49. The number of aromatic nitrogens is 2. The third-order valence-electron chi connectivity index (χ3n) is 5.62. The van der Waals surface area contributed by atoms with Crippen LogP contribution in [0.15, 0.2) is 91.4 Å². The van der Waals surface area contributed by atoms with Gasteiger partial charge in [-0.25, -0.2) is 9.37 Å². The lowest BCUT2D eigenvalue weighted by atomic mass is 10.2. The number of amides is 2. The fraction of sp³-hybridized carbons (Fsp3) is 0.207. The molecule has 0 spiro atoms. The van der Waals surface area contributed by atoms with Crippen LogP contribution in [0, 0.1) is 5.82 Å². The molecule has 202 valence electrons. The van der Waals surface area contributed by atoms with Crippen molar-refractivity contribution in [2.45, 2.75) is 19.1 Å². The highest BCUT2D eigenvalue weighted by molar-refractivity contribution is 5.97. The number of hydrogen-bond donors (Lipinski definition) is 4. The molecule has 0 saturated heterocycles. The maximum atomic E-state index is 13.1. The fourth-order valence-corrected chi connectivity index (χ4v) is 3.62. The molecular formula is C29H30FN5O4. The highest BCUT2D eigenvalue weighted by atomic mass is 19.1. The van der Waals surface area contributed by atoms with E-state index in [0.717, 1.165) is 11.3 Å². The Morgan fingerprint density at radius 1 is 0.949 bits per heavy atom. The van der Waals surface area contributed by atoms with Crippen molar-refractivity contribution in [2.24, 2.45) is 0 Å². The molecular weight excluding hydrogens is 501 g/mol. The van der Waals surface area contributed by atoms with Crippen LogP contribution < -0.4 is 20.7 Å². The van der Waals surface area contributed by atoms with Crippen molar-refractivity contribution < 1.29 is 23.5 Å². The lowest BCUT2D eigenvalue weighted by Gasteiger charge is -2.19. The molecule has 0 radical (unpaired) electrons. The largest absolute Gasteiger partial charge is 0.457 e. The average Bonchev–Trinajstić information content (AvgIpc) is 3.47. The maximum absolute atomic E-state index is 13.1. The van der Waals surface area contributed by atoms with Crippen LogP contribution in [0.1, 0.15) is 11.3 Å². The highest BCUT2D eigenvalue weighted by Crippen LogP contribution is 2.23. The minimum Gasteiger partial charge on any atom is -0.457 e. The van der Waals surface area contributed by atoms with E-state index in [-0.39, 0.29) is 24.9 Å². The molecule has 10 heteroatoms. The molecule has 0 fully saturated rings. The van der Waals surface area contributed by atoms with Gasteiger partial charge < -0.3 is 30.4 Å². The molecule has 1 heterocycles. The zero-order chi connectivity index (χ0) is 27.3. The molecule has 0 aliphatic rings. The standard InChI is InChI=1S/C29H30FN5O4/c30-22-6-10-25(11-7-22)39-26-12-8-23(9-13-26)34-29(37)27(19-38-18-21-4-2-1-3-5-21)35-28(36)17-31-15-14-24-16-32-20-33-24/h1-13,16,20,27,31H,14-15,17-19H2,(H,32,33)(H,34,37)(H,35,36). The molecule has 0 saturated carbocycles. The van der Waals surface area contributed by atoms with E-state index in [9.17, 15) is 14.0 Å². The number of ether oxygens (including phenoxy) is 2. The summed E-state index contributed by atoms with van der Waals surface area (Å²) in [5.74, 6) is -0.0793. The van der Waals surface area contributed by atoms with Crippen molar-refractivity contribution in [3.63, 3.8) is 0 Å². The summed E-state index contributed by atoms with van der Waals surface area (Å²) in [4.78, 5) is 32.7. The summed E-state index contributed by atoms with van der Waals surface area (Å²) >= 11 is 0. The van der Waals surface area contributed by atoms with Gasteiger partial charge in [0.15, 0.2) is 0 Å². The van der Waals surface area contributed by atoms with Crippen LogP contribution in [0.4, 0.5) is 10.1 Å². The molecule has 1 aromatic heterocycles. The molecule has 4 aromatic rings. The van der Waals surface area contributed by atoms with Crippen molar-refractivity contribution in [3.05, 3.63) is 108 Å². The Kier molecular flexibility index (Phi) is 10.2. The Morgan fingerprint density at radius 2 is 1.67 bits per heavy atom. The van der Waals surface area contributed by atoms with Crippen LogP contribution in [-0.4, -0.2) is 47.5 Å². The fourth-order valence-electron chi connectivity index (χ4n) is 3.62. The van der Waals surface area contributed by atoms with Crippen LogP contribution in [-0.2, 0) is 27.4 Å². The molecule has 1 unspecified atom stereocenters. The van der Waals surface area contributed by atoms with Crippen molar-refractivity contribution in [3.8, 4) is 11.5 Å². The number of imidazole rings is 1. The average molecular weight is 532 g/mol. The van der Waals surface area contributed by atoms with Gasteiger partial charge >= 0.3 is 0 Å². The smallest absolute Gasteiger partial charge is 0.249 e. The van der Waals surface area contributed by atoms with Gasteiger partial charge in [-0.3, -0.25) is 9.59 Å². The first-order valence-electron chi connectivity index (χ1n) is 12.5. The van der Waals surface area contributed by atoms with Crippen LogP contribution >= 0.6 is 0 Å². The van der Waals surface area contributed by atoms with Gasteiger partial charge in [0.2, 0.25) is 11.8 Å². The third-order valence-corrected chi connectivity index (χ3v) is 5.62. The number of aromatic amines is 1. The number of nitrogens with zero attached hydrogens (tertiary/aromatic N) is 1. The van der Waals surface area contributed by atoms with Gasteiger partial charge in [-0.15, -0.1) is 0 Å². The zero-order valence-electron chi connectivity index (χ0n) is 21.2. The molecule has 9 nitrogen and oxygen atoms in total. The van der Waals surface area contributed by atoms with Gasteiger partial charge in [0.05, 0.1) is 31.8 Å². The molecule has 0 aliphatic carbocycles. The van der Waals surface area contributed by atoms with E-state index >= 15 is 0 Å². The predicted octanol–water partition coefficient (Wildman–Crippen LogP) is 3.81. The normalized spacial score (nSPS) is 11.5. The minimum absolute atomic E-state index is 0.00843. The van der Waals surface area contributed by atoms with Gasteiger partial charge in [-0.2, -0.15) is 0 Å². The lowest BCUT2D eigenvalue weighted by molar-refractivity contribution is -0.127. The topological polar surface area (TPSA) is 117 Å². The van der Waals surface area contributed by atoms with Crippen LogP contribution in [0.5, 0.6) is 11.5 Å². The van der Waals surface area contributed by atoms with Crippen LogP contribution in [0.25, 0.3) is 0 Å². The van der Waals surface area contributed by atoms with E-state index in [4.69, 9.17) is 9.47 Å². The quantitative estimate of drug-likeness (QED) is 0.184. The number of rotatable bonds is 14. The third kappa shape index (κ3) is 9.37. The molecule has 3 aromatic carbocycles. The molecule has 4 N–H and O–H groups in total. The van der Waals surface area contributed by atoms with Crippen molar-refractivity contribution in [2.75, 3.05) is 25.0 Å². The van der Waals surface area contributed by atoms with Gasteiger partial charge in [0.1, 0.15) is 23.4 Å². The van der Waals surface area contributed by atoms with E-state index in [1.807, 2.05) is 30.3 Å². The Morgan fingerprint density at radius 3 is 2.36 bits per heavy atom.